The van der Waals surface area contributed by atoms with Crippen LogP contribution >= 0.6 is 0 Å². The first-order valence-corrected chi connectivity index (χ1v) is 6.36. The van der Waals surface area contributed by atoms with Gasteiger partial charge >= 0.3 is 0 Å². The number of rotatable bonds is 6. The Labute approximate surface area is 94.7 Å². The van der Waals surface area contributed by atoms with Crippen molar-refractivity contribution in [2.24, 2.45) is 5.92 Å². The van der Waals surface area contributed by atoms with Crippen molar-refractivity contribution in [3.63, 3.8) is 0 Å². The lowest BCUT2D eigenvalue weighted by molar-refractivity contribution is 0.404. The first kappa shape index (κ1) is 12.3. The van der Waals surface area contributed by atoms with Crippen molar-refractivity contribution in [1.29, 1.82) is 0 Å². The van der Waals surface area contributed by atoms with Crippen LogP contribution in [0, 0.1) is 5.92 Å². The van der Waals surface area contributed by atoms with Crippen LogP contribution in [-0.4, -0.2) is 0 Å². The molecule has 0 aliphatic carbocycles. The summed E-state index contributed by atoms with van der Waals surface area (Å²) in [6.45, 7) is 6.93. The Morgan fingerprint density at radius 3 is 1.93 bits per heavy atom. The molecule has 1 aromatic rings. The Morgan fingerprint density at radius 2 is 1.47 bits per heavy atom. The molecule has 0 amide bonds. The molecule has 1 atom stereocenters. The largest absolute Gasteiger partial charge is 0.0651 e. The lowest BCUT2D eigenvalue weighted by Crippen LogP contribution is -2.05. The van der Waals surface area contributed by atoms with Crippen molar-refractivity contribution >= 4 is 0 Å². The highest BCUT2D eigenvalue weighted by Gasteiger charge is 2.13. The maximum Gasteiger partial charge on any atom is -0.0162 e. The summed E-state index contributed by atoms with van der Waals surface area (Å²) in [5, 5.41) is 0. The van der Waals surface area contributed by atoms with Crippen molar-refractivity contribution in [2.75, 3.05) is 0 Å². The average Bonchev–Trinajstić information content (AvgIpc) is 2.32. The second-order valence-corrected chi connectivity index (χ2v) is 4.43. The van der Waals surface area contributed by atoms with Gasteiger partial charge in [-0.2, -0.15) is 0 Å². The molecule has 0 aliphatic heterocycles. The summed E-state index contributed by atoms with van der Waals surface area (Å²) in [5.41, 5.74) is 1.52. The molecule has 0 saturated heterocycles. The van der Waals surface area contributed by atoms with Crippen molar-refractivity contribution in [1.82, 2.24) is 0 Å². The monoisotopic (exact) mass is 204 g/mol. The van der Waals surface area contributed by atoms with E-state index >= 15 is 0 Å². The predicted octanol–water partition coefficient (Wildman–Crippen LogP) is 5.01. The van der Waals surface area contributed by atoms with E-state index in [4.69, 9.17) is 0 Å². The minimum absolute atomic E-state index is 0.760. The molecule has 0 aromatic heterocycles. The minimum atomic E-state index is 0.760. The Balaban J connectivity index is 2.64. The Hall–Kier alpha value is -0.780. The van der Waals surface area contributed by atoms with Gasteiger partial charge in [-0.15, -0.1) is 0 Å². The molecular formula is C15H24. The minimum Gasteiger partial charge on any atom is -0.0651 e. The van der Waals surface area contributed by atoms with E-state index < -0.39 is 0 Å². The Morgan fingerprint density at radius 1 is 0.867 bits per heavy atom. The van der Waals surface area contributed by atoms with Crippen LogP contribution in [0.25, 0.3) is 0 Å². The van der Waals surface area contributed by atoms with Crippen LogP contribution in [0.2, 0.25) is 0 Å². The molecule has 0 radical (unpaired) electrons. The number of benzene rings is 1. The highest BCUT2D eigenvalue weighted by atomic mass is 14.2. The average molecular weight is 204 g/mol. The van der Waals surface area contributed by atoms with E-state index in [1.54, 1.807) is 0 Å². The second kappa shape index (κ2) is 6.66. The van der Waals surface area contributed by atoms with Crippen molar-refractivity contribution in [3.8, 4) is 0 Å². The summed E-state index contributed by atoms with van der Waals surface area (Å²) in [6.07, 6.45) is 5.26. The first-order valence-electron chi connectivity index (χ1n) is 6.36. The van der Waals surface area contributed by atoms with Gasteiger partial charge in [0.25, 0.3) is 0 Å². The van der Waals surface area contributed by atoms with Crippen LogP contribution < -0.4 is 0 Å². The first-order chi connectivity index (χ1) is 7.31. The molecule has 1 aromatic carbocycles. The summed E-state index contributed by atoms with van der Waals surface area (Å²) >= 11 is 0. The molecule has 0 spiro atoms. The van der Waals surface area contributed by atoms with E-state index in [0.717, 1.165) is 11.8 Å². The predicted molar refractivity (Wildman–Crippen MR) is 68.2 cm³/mol. The smallest absolute Gasteiger partial charge is 0.0162 e. The molecule has 84 valence electrons. The van der Waals surface area contributed by atoms with E-state index in [0.29, 0.717) is 0 Å². The highest BCUT2D eigenvalue weighted by Crippen LogP contribution is 2.29. The van der Waals surface area contributed by atoms with Crippen LogP contribution in [0.5, 0.6) is 0 Å². The van der Waals surface area contributed by atoms with Gasteiger partial charge in [0.2, 0.25) is 0 Å². The molecule has 0 saturated carbocycles. The van der Waals surface area contributed by atoms with Crippen molar-refractivity contribution in [3.05, 3.63) is 35.9 Å². The molecule has 0 bridgehead atoms. The molecule has 0 fully saturated rings. The van der Waals surface area contributed by atoms with Gasteiger partial charge < -0.3 is 0 Å². The van der Waals surface area contributed by atoms with Crippen LogP contribution in [0.1, 0.15) is 57.9 Å². The topological polar surface area (TPSA) is 0 Å². The van der Waals surface area contributed by atoms with Gasteiger partial charge in [-0.3, -0.25) is 0 Å². The van der Waals surface area contributed by atoms with Gasteiger partial charge in [0.05, 0.1) is 0 Å². The van der Waals surface area contributed by atoms with Crippen LogP contribution in [0.15, 0.2) is 30.3 Å². The summed E-state index contributed by atoms with van der Waals surface area (Å²) in [4.78, 5) is 0. The third-order valence-electron chi connectivity index (χ3n) is 3.54. The quantitative estimate of drug-likeness (QED) is 0.611. The third kappa shape index (κ3) is 3.70. The third-order valence-corrected chi connectivity index (χ3v) is 3.54. The highest BCUT2D eigenvalue weighted by molar-refractivity contribution is 5.19. The van der Waals surface area contributed by atoms with Gasteiger partial charge in [0, 0.05) is 0 Å². The lowest BCUT2D eigenvalue weighted by atomic mass is 9.85. The zero-order chi connectivity index (χ0) is 11.1. The maximum absolute atomic E-state index is 2.31. The molecule has 0 aliphatic rings. The fourth-order valence-corrected chi connectivity index (χ4v) is 2.29. The number of hydrogen-bond donors (Lipinski definition) is 0. The van der Waals surface area contributed by atoms with Gasteiger partial charge in [-0.1, -0.05) is 63.9 Å². The Kier molecular flexibility index (Phi) is 5.45. The number of hydrogen-bond acceptors (Lipinski definition) is 0. The van der Waals surface area contributed by atoms with E-state index in [1.165, 1.54) is 31.2 Å². The van der Waals surface area contributed by atoms with E-state index in [2.05, 4.69) is 51.1 Å². The SMILES string of the molecule is CCC(CC)CC(CC)c1ccccc1. The van der Waals surface area contributed by atoms with E-state index in [9.17, 15) is 0 Å². The fraction of sp³-hybridized carbons (Fsp3) is 0.600. The maximum atomic E-state index is 2.31. The zero-order valence-electron chi connectivity index (χ0n) is 10.4. The fourth-order valence-electron chi connectivity index (χ4n) is 2.29. The van der Waals surface area contributed by atoms with Gasteiger partial charge in [0.15, 0.2) is 0 Å². The summed E-state index contributed by atoms with van der Waals surface area (Å²) < 4.78 is 0. The Bertz CT molecular complexity index is 246. The summed E-state index contributed by atoms with van der Waals surface area (Å²) in [6, 6.07) is 11.0. The van der Waals surface area contributed by atoms with E-state index in [1.807, 2.05) is 0 Å². The molecule has 0 N–H and O–H groups in total. The molecule has 1 rings (SSSR count). The zero-order valence-corrected chi connectivity index (χ0v) is 10.4. The molecular weight excluding hydrogens is 180 g/mol. The van der Waals surface area contributed by atoms with Gasteiger partial charge in [0.1, 0.15) is 0 Å². The normalized spacial score (nSPS) is 13.1. The molecule has 0 heteroatoms. The summed E-state index contributed by atoms with van der Waals surface area (Å²) in [5.74, 6) is 1.66. The van der Waals surface area contributed by atoms with Crippen molar-refractivity contribution < 1.29 is 0 Å². The van der Waals surface area contributed by atoms with Crippen molar-refractivity contribution in [2.45, 2.75) is 52.4 Å². The van der Waals surface area contributed by atoms with Crippen LogP contribution in [-0.2, 0) is 0 Å². The second-order valence-electron chi connectivity index (χ2n) is 4.43. The van der Waals surface area contributed by atoms with Gasteiger partial charge in [-0.25, -0.2) is 0 Å². The molecule has 15 heavy (non-hydrogen) atoms. The standard InChI is InChI=1S/C15H24/c1-4-13(5-2)12-14(6-3)15-10-8-7-9-11-15/h7-11,13-14H,4-6,12H2,1-3H3. The van der Waals surface area contributed by atoms with Gasteiger partial charge in [-0.05, 0) is 30.2 Å². The van der Waals surface area contributed by atoms with E-state index in [-0.39, 0.29) is 0 Å². The molecule has 0 heterocycles. The van der Waals surface area contributed by atoms with Crippen LogP contribution in [0.4, 0.5) is 0 Å². The molecule has 1 unspecified atom stereocenters. The summed E-state index contributed by atoms with van der Waals surface area (Å²) in [7, 11) is 0. The molecule has 0 nitrogen and oxygen atoms in total. The lowest BCUT2D eigenvalue weighted by Gasteiger charge is -2.21. The van der Waals surface area contributed by atoms with Crippen LogP contribution in [0.3, 0.4) is 0 Å².